The summed E-state index contributed by atoms with van der Waals surface area (Å²) in [6.45, 7) is 0. The first kappa shape index (κ1) is 18.3. The van der Waals surface area contributed by atoms with Crippen molar-refractivity contribution in [1.82, 2.24) is 5.32 Å². The summed E-state index contributed by atoms with van der Waals surface area (Å²) in [5, 5.41) is 17.3. The Morgan fingerprint density at radius 2 is 1.96 bits per heavy atom. The first-order valence-corrected chi connectivity index (χ1v) is 9.69. The fraction of sp³-hybridized carbons (Fsp3) is 0.353. The number of aliphatic carboxylic acids is 1. The van der Waals surface area contributed by atoms with Gasteiger partial charge in [-0.05, 0) is 25.3 Å². The van der Waals surface area contributed by atoms with E-state index in [0.717, 1.165) is 6.08 Å². The Balaban J connectivity index is 1.90. The van der Waals surface area contributed by atoms with Crippen molar-refractivity contribution in [2.24, 2.45) is 11.1 Å². The Bertz CT molecular complexity index is 935. The number of primary sulfonamides is 1. The van der Waals surface area contributed by atoms with Crippen LogP contribution in [0, 0.1) is 5.92 Å². The van der Waals surface area contributed by atoms with Crippen molar-refractivity contribution in [2.75, 3.05) is 0 Å². The lowest BCUT2D eigenvalue weighted by molar-refractivity contribution is -0.143. The van der Waals surface area contributed by atoms with E-state index in [9.17, 15) is 22.8 Å². The molecule has 0 saturated heterocycles. The lowest BCUT2D eigenvalue weighted by Crippen LogP contribution is -2.39. The number of Topliss-reactive ketones (excluding diaryl/α,β-unsaturated/α-hetero) is 1. The summed E-state index contributed by atoms with van der Waals surface area (Å²) in [4.78, 5) is 35.9. The molecule has 1 aromatic rings. The topological polar surface area (TPSA) is 144 Å². The molecule has 8 nitrogen and oxygen atoms in total. The van der Waals surface area contributed by atoms with E-state index in [-0.39, 0.29) is 27.8 Å². The minimum Gasteiger partial charge on any atom is -0.481 e. The number of carboxylic acid groups (broad SMARTS) is 1. The monoisotopic (exact) mass is 378 g/mol. The van der Waals surface area contributed by atoms with Crippen LogP contribution in [-0.4, -0.2) is 37.1 Å². The van der Waals surface area contributed by atoms with E-state index in [0.29, 0.717) is 25.7 Å². The number of ketones is 2. The highest BCUT2D eigenvalue weighted by Gasteiger charge is 2.33. The van der Waals surface area contributed by atoms with E-state index < -0.39 is 33.5 Å². The van der Waals surface area contributed by atoms with Crippen LogP contribution in [0.3, 0.4) is 0 Å². The summed E-state index contributed by atoms with van der Waals surface area (Å²) in [6.07, 6.45) is 3.39. The molecular weight excluding hydrogens is 360 g/mol. The summed E-state index contributed by atoms with van der Waals surface area (Å²) in [7, 11) is -4.15. The number of allylic oxidation sites excluding steroid dienone is 2. The van der Waals surface area contributed by atoms with Gasteiger partial charge in [0, 0.05) is 17.7 Å². The van der Waals surface area contributed by atoms with Crippen molar-refractivity contribution in [1.29, 1.82) is 0 Å². The molecule has 0 aromatic heterocycles. The minimum atomic E-state index is -4.15. The molecule has 0 aliphatic heterocycles. The van der Waals surface area contributed by atoms with Crippen LogP contribution < -0.4 is 10.5 Å². The summed E-state index contributed by atoms with van der Waals surface area (Å²) in [6, 6.07) is 3.67. The number of fused-ring (bicyclic) bond motifs is 1. The number of benzene rings is 1. The highest BCUT2D eigenvalue weighted by molar-refractivity contribution is 7.89. The Kier molecular flexibility index (Phi) is 4.68. The molecule has 1 fully saturated rings. The molecule has 2 unspecified atom stereocenters. The molecule has 9 heteroatoms. The smallest absolute Gasteiger partial charge is 0.306 e. The van der Waals surface area contributed by atoms with Gasteiger partial charge in [0.25, 0.3) is 0 Å². The van der Waals surface area contributed by atoms with Gasteiger partial charge in [0.05, 0.1) is 22.1 Å². The Morgan fingerprint density at radius 1 is 1.23 bits per heavy atom. The third-order valence-corrected chi connectivity index (χ3v) is 5.68. The molecule has 3 rings (SSSR count). The maximum absolute atomic E-state index is 12.7. The fourth-order valence-electron chi connectivity index (χ4n) is 3.50. The van der Waals surface area contributed by atoms with E-state index in [2.05, 4.69) is 5.32 Å². The molecule has 2 atom stereocenters. The normalized spacial score (nSPS) is 23.2. The predicted molar refractivity (Wildman–Crippen MR) is 91.1 cm³/mol. The van der Waals surface area contributed by atoms with Crippen LogP contribution in [0.15, 0.2) is 34.9 Å². The second kappa shape index (κ2) is 6.65. The van der Waals surface area contributed by atoms with Gasteiger partial charge >= 0.3 is 5.97 Å². The first-order chi connectivity index (χ1) is 12.2. The number of carbonyl (C=O) groups excluding carboxylic acids is 2. The molecule has 0 heterocycles. The largest absolute Gasteiger partial charge is 0.481 e. The minimum absolute atomic E-state index is 0.0304. The van der Waals surface area contributed by atoms with Gasteiger partial charge in [-0.25, -0.2) is 13.6 Å². The molecule has 138 valence electrons. The number of hydrogen-bond donors (Lipinski definition) is 3. The van der Waals surface area contributed by atoms with Crippen molar-refractivity contribution in [3.63, 3.8) is 0 Å². The molecule has 2 aliphatic rings. The van der Waals surface area contributed by atoms with Gasteiger partial charge in [0.1, 0.15) is 0 Å². The zero-order valence-corrected chi connectivity index (χ0v) is 14.6. The summed E-state index contributed by atoms with van der Waals surface area (Å²) < 4.78 is 23.4. The van der Waals surface area contributed by atoms with Crippen LogP contribution in [0.25, 0.3) is 0 Å². The van der Waals surface area contributed by atoms with Crippen molar-refractivity contribution >= 4 is 27.6 Å². The molecule has 0 bridgehead atoms. The maximum atomic E-state index is 12.7. The quantitative estimate of drug-likeness (QED) is 0.704. The van der Waals surface area contributed by atoms with Crippen molar-refractivity contribution in [2.45, 2.75) is 36.6 Å². The molecule has 4 N–H and O–H groups in total. The van der Waals surface area contributed by atoms with Gasteiger partial charge < -0.3 is 10.4 Å². The van der Waals surface area contributed by atoms with Gasteiger partial charge in [-0.2, -0.15) is 0 Å². The summed E-state index contributed by atoms with van der Waals surface area (Å²) in [5.41, 5.74) is -0.208. The van der Waals surface area contributed by atoms with Gasteiger partial charge in [-0.3, -0.25) is 14.4 Å². The molecule has 1 saturated carbocycles. The first-order valence-electron chi connectivity index (χ1n) is 8.14. The lowest BCUT2D eigenvalue weighted by Gasteiger charge is -2.29. The SMILES string of the molecule is NS(=O)(=O)c1cccc2c1C(=O)C=C(NC1CCCC(C(=O)O)C1)C2=O. The van der Waals surface area contributed by atoms with E-state index in [1.54, 1.807) is 0 Å². The second-order valence-corrected chi connectivity index (χ2v) is 8.05. The molecule has 0 amide bonds. The number of rotatable bonds is 4. The highest BCUT2D eigenvalue weighted by atomic mass is 32.2. The molecule has 26 heavy (non-hydrogen) atoms. The van der Waals surface area contributed by atoms with Crippen LogP contribution in [0.1, 0.15) is 46.4 Å². The molecule has 0 spiro atoms. The van der Waals surface area contributed by atoms with Gasteiger partial charge in [0.2, 0.25) is 15.8 Å². The second-order valence-electron chi connectivity index (χ2n) is 6.52. The molecule has 0 radical (unpaired) electrons. The van der Waals surface area contributed by atoms with E-state index in [1.807, 2.05) is 0 Å². The Labute approximate surface area is 150 Å². The highest BCUT2D eigenvalue weighted by Crippen LogP contribution is 2.29. The number of nitrogens with two attached hydrogens (primary N) is 1. The average Bonchev–Trinajstić information content (AvgIpc) is 2.58. The Morgan fingerprint density at radius 3 is 2.62 bits per heavy atom. The number of sulfonamides is 1. The molecule has 2 aliphatic carbocycles. The van der Waals surface area contributed by atoms with Crippen molar-refractivity contribution in [3.8, 4) is 0 Å². The third-order valence-electron chi connectivity index (χ3n) is 4.73. The number of carbonyl (C=O) groups is 3. The van der Waals surface area contributed by atoms with Crippen LogP contribution in [-0.2, 0) is 14.8 Å². The van der Waals surface area contributed by atoms with Gasteiger partial charge in [-0.15, -0.1) is 0 Å². The fourth-order valence-corrected chi connectivity index (χ4v) is 4.26. The summed E-state index contributed by atoms with van der Waals surface area (Å²) >= 11 is 0. The molecular formula is C17H18N2O6S. The third kappa shape index (κ3) is 3.40. The molecule has 1 aromatic carbocycles. The zero-order chi connectivity index (χ0) is 19.1. The lowest BCUT2D eigenvalue weighted by atomic mass is 9.85. The predicted octanol–water partition coefficient (Wildman–Crippen LogP) is 0.830. The number of hydrogen-bond acceptors (Lipinski definition) is 6. The summed E-state index contributed by atoms with van der Waals surface area (Å²) in [5.74, 6) is -2.50. The van der Waals surface area contributed by atoms with Crippen LogP contribution >= 0.6 is 0 Å². The van der Waals surface area contributed by atoms with Crippen LogP contribution in [0.5, 0.6) is 0 Å². The van der Waals surface area contributed by atoms with E-state index in [4.69, 9.17) is 10.2 Å². The standard InChI is InChI=1S/C17H18N2O6S/c18-26(24,25)14-6-2-5-11-15(14)13(20)8-12(16(11)21)19-10-4-1-3-9(7-10)17(22)23/h2,5-6,8-10,19H,1,3-4,7H2,(H,22,23)(H2,18,24,25). The number of nitrogens with one attached hydrogen (secondary N) is 1. The van der Waals surface area contributed by atoms with Crippen molar-refractivity contribution in [3.05, 3.63) is 41.1 Å². The van der Waals surface area contributed by atoms with Crippen LogP contribution in [0.2, 0.25) is 0 Å². The van der Waals surface area contributed by atoms with Crippen LogP contribution in [0.4, 0.5) is 0 Å². The van der Waals surface area contributed by atoms with Crippen molar-refractivity contribution < 1.29 is 27.9 Å². The zero-order valence-electron chi connectivity index (χ0n) is 13.8. The maximum Gasteiger partial charge on any atom is 0.306 e. The Hall–Kier alpha value is -2.52. The van der Waals surface area contributed by atoms with E-state index >= 15 is 0 Å². The van der Waals surface area contributed by atoms with Gasteiger partial charge in [-0.1, -0.05) is 18.6 Å². The average molecular weight is 378 g/mol. The van der Waals surface area contributed by atoms with Gasteiger partial charge in [0.15, 0.2) is 5.78 Å². The van der Waals surface area contributed by atoms with E-state index in [1.165, 1.54) is 18.2 Å². The number of carboxylic acids is 1.